The molecule has 248 valence electrons. The molecule has 0 radical (unpaired) electrons. The molecule has 2 unspecified atom stereocenters. The highest BCUT2D eigenvalue weighted by Crippen LogP contribution is 2.72. The fourth-order valence-corrected chi connectivity index (χ4v) is 10.3. The third-order valence-corrected chi connectivity index (χ3v) is 12.1. The maximum atomic E-state index is 14.7. The van der Waals surface area contributed by atoms with E-state index in [0.29, 0.717) is 36.6 Å². The summed E-state index contributed by atoms with van der Waals surface area (Å²) < 4.78 is 4.18. The first-order valence-electron chi connectivity index (χ1n) is 16.6. The van der Waals surface area contributed by atoms with Crippen LogP contribution < -0.4 is 20.3 Å². The van der Waals surface area contributed by atoms with Gasteiger partial charge in [-0.05, 0) is 94.6 Å². The summed E-state index contributed by atoms with van der Waals surface area (Å²) in [5, 5.41) is 16.9. The largest absolute Gasteiger partial charge is 0.494 e. The Bertz CT molecular complexity index is 1600. The van der Waals surface area contributed by atoms with E-state index in [1.54, 1.807) is 40.9 Å². The summed E-state index contributed by atoms with van der Waals surface area (Å²) in [5.41, 5.74) is 3.05. The first-order valence-corrected chi connectivity index (χ1v) is 17.4. The molecule has 6 rings (SSSR count). The van der Waals surface area contributed by atoms with Crippen molar-refractivity contribution in [2.75, 3.05) is 41.8 Å². The highest BCUT2D eigenvalue weighted by atomic mass is 32.2. The van der Waals surface area contributed by atoms with E-state index < -0.39 is 33.4 Å². The molecule has 0 aromatic heterocycles. The molecule has 10 heteroatoms. The van der Waals surface area contributed by atoms with Crippen molar-refractivity contribution in [2.45, 2.75) is 62.1 Å². The number of rotatable bonds is 12. The summed E-state index contributed by atoms with van der Waals surface area (Å²) in [6, 6.07) is 22.6. The number of ether oxygens (including phenoxy) is 1. The molecule has 0 aliphatic carbocycles. The minimum absolute atomic E-state index is 0.239. The van der Waals surface area contributed by atoms with Gasteiger partial charge in [0, 0.05) is 34.9 Å². The van der Waals surface area contributed by atoms with Crippen molar-refractivity contribution in [3.05, 3.63) is 84.4 Å². The van der Waals surface area contributed by atoms with Crippen molar-refractivity contribution in [2.24, 2.45) is 11.8 Å². The number of hydrogen-bond acceptors (Lipinski definition) is 7. The lowest BCUT2D eigenvalue weighted by molar-refractivity contribution is -0.141. The summed E-state index contributed by atoms with van der Waals surface area (Å²) in [6.45, 7) is 10.1. The van der Waals surface area contributed by atoms with E-state index in [-0.39, 0.29) is 24.3 Å². The van der Waals surface area contributed by atoms with Gasteiger partial charge in [-0.3, -0.25) is 14.4 Å². The number of anilines is 3. The molecule has 3 heterocycles. The topological polar surface area (TPSA) is 111 Å². The summed E-state index contributed by atoms with van der Waals surface area (Å²) in [4.78, 5) is 47.2. The normalized spacial score (nSPS) is 26.5. The SMILES string of the molecule is CCOc1ccc(NC(=O)[C@@H]2[C@H]3C(=O)N([C@H](CO)c4ccccc4)C(C(=O)Nc4ccc(N(CC)CC)cc4)C34CC[C@@]2(C)S4)cc1. The molecule has 2 bridgehead atoms. The minimum atomic E-state index is -0.894. The van der Waals surface area contributed by atoms with Crippen molar-refractivity contribution >= 4 is 46.5 Å². The molecule has 9 nitrogen and oxygen atoms in total. The van der Waals surface area contributed by atoms with Gasteiger partial charge in [-0.1, -0.05) is 30.3 Å². The molecular weight excluding hydrogens is 612 g/mol. The van der Waals surface area contributed by atoms with Crippen LogP contribution in [0.3, 0.4) is 0 Å². The molecule has 3 saturated heterocycles. The van der Waals surface area contributed by atoms with Gasteiger partial charge in [0.2, 0.25) is 17.7 Å². The van der Waals surface area contributed by atoms with Crippen LogP contribution in [0.25, 0.3) is 0 Å². The Morgan fingerprint density at radius 2 is 1.55 bits per heavy atom. The molecule has 3 aliphatic rings. The van der Waals surface area contributed by atoms with Gasteiger partial charge in [-0.2, -0.15) is 0 Å². The van der Waals surface area contributed by atoms with E-state index in [0.717, 1.165) is 24.3 Å². The molecule has 47 heavy (non-hydrogen) atoms. The first kappa shape index (κ1) is 32.9. The van der Waals surface area contributed by atoms with Crippen molar-refractivity contribution in [3.8, 4) is 5.75 Å². The van der Waals surface area contributed by atoms with Crippen molar-refractivity contribution < 1.29 is 24.2 Å². The van der Waals surface area contributed by atoms with Gasteiger partial charge in [0.15, 0.2) is 0 Å². The summed E-state index contributed by atoms with van der Waals surface area (Å²) >= 11 is 1.61. The standard InChI is InChI=1S/C37H44N4O5S/c1-5-40(6-2)27-17-13-25(14-18-27)39-34(44)32-37-22-21-36(4,47-37)30(33(43)38-26-15-19-28(20-16-26)46-7-3)31(37)35(45)41(32)29(23-42)24-11-9-8-10-12-24/h8-20,29-32,42H,5-7,21-23H2,1-4H3,(H,38,43)(H,39,44)/t29-,30+,31+,32?,36-,37?/m1/s1. The molecule has 3 N–H and O–H groups in total. The number of nitrogens with zero attached hydrogens (tertiary/aromatic N) is 2. The van der Waals surface area contributed by atoms with Crippen molar-refractivity contribution in [3.63, 3.8) is 0 Å². The van der Waals surface area contributed by atoms with Gasteiger partial charge >= 0.3 is 0 Å². The Kier molecular flexibility index (Phi) is 9.27. The lowest BCUT2D eigenvalue weighted by Crippen LogP contribution is -2.52. The van der Waals surface area contributed by atoms with E-state index in [1.807, 2.05) is 68.4 Å². The van der Waals surface area contributed by atoms with E-state index in [2.05, 4.69) is 29.4 Å². The van der Waals surface area contributed by atoms with E-state index in [1.165, 1.54) is 0 Å². The maximum Gasteiger partial charge on any atom is 0.248 e. The molecule has 1 spiro atoms. The second-order valence-electron chi connectivity index (χ2n) is 12.7. The molecule has 3 aromatic rings. The highest BCUT2D eigenvalue weighted by molar-refractivity contribution is 8.02. The Morgan fingerprint density at radius 3 is 2.15 bits per heavy atom. The zero-order valence-electron chi connectivity index (χ0n) is 27.4. The molecule has 3 aliphatic heterocycles. The average molecular weight is 657 g/mol. The third-order valence-electron chi connectivity index (χ3n) is 10.1. The number of aliphatic hydroxyl groups is 1. The van der Waals surface area contributed by atoms with Crippen LogP contribution in [0.1, 0.15) is 52.1 Å². The number of likely N-dealkylation sites (tertiary alicyclic amines) is 1. The van der Waals surface area contributed by atoms with Crippen LogP contribution in [0, 0.1) is 11.8 Å². The lowest BCUT2D eigenvalue weighted by atomic mass is 9.66. The Morgan fingerprint density at radius 1 is 0.936 bits per heavy atom. The minimum Gasteiger partial charge on any atom is -0.494 e. The van der Waals surface area contributed by atoms with E-state index in [4.69, 9.17) is 4.74 Å². The fourth-order valence-electron chi connectivity index (χ4n) is 8.01. The number of amides is 3. The van der Waals surface area contributed by atoms with E-state index >= 15 is 0 Å². The van der Waals surface area contributed by atoms with Crippen LogP contribution in [0.15, 0.2) is 78.9 Å². The zero-order chi connectivity index (χ0) is 33.3. The smallest absolute Gasteiger partial charge is 0.248 e. The molecule has 0 saturated carbocycles. The number of thioether (sulfide) groups is 1. The predicted octanol–water partition coefficient (Wildman–Crippen LogP) is 5.72. The summed E-state index contributed by atoms with van der Waals surface area (Å²) in [5.74, 6) is -1.50. The average Bonchev–Trinajstić information content (AvgIpc) is 3.65. The fraction of sp³-hybridized carbons (Fsp3) is 0.432. The van der Waals surface area contributed by atoms with Gasteiger partial charge in [0.25, 0.3) is 0 Å². The van der Waals surface area contributed by atoms with Crippen LogP contribution in [0.5, 0.6) is 5.75 Å². The first-order chi connectivity index (χ1) is 22.7. The third kappa shape index (κ3) is 5.75. The number of carbonyl (C=O) groups excluding carboxylic acids is 3. The Hall–Kier alpha value is -4.02. The number of aliphatic hydroxyl groups excluding tert-OH is 1. The van der Waals surface area contributed by atoms with Gasteiger partial charge in [0.1, 0.15) is 11.8 Å². The quantitative estimate of drug-likeness (QED) is 0.229. The van der Waals surface area contributed by atoms with Crippen molar-refractivity contribution in [1.82, 2.24) is 4.90 Å². The summed E-state index contributed by atoms with van der Waals surface area (Å²) in [7, 11) is 0. The molecule has 3 aromatic carbocycles. The lowest BCUT2D eigenvalue weighted by Gasteiger charge is -2.37. The molecule has 3 fully saturated rings. The zero-order valence-corrected chi connectivity index (χ0v) is 28.3. The molecule has 3 amide bonds. The maximum absolute atomic E-state index is 14.7. The van der Waals surface area contributed by atoms with Crippen LogP contribution in [0.2, 0.25) is 0 Å². The Balaban J connectivity index is 1.35. The van der Waals surface area contributed by atoms with Gasteiger partial charge in [-0.15, -0.1) is 11.8 Å². The second-order valence-corrected chi connectivity index (χ2v) is 14.6. The van der Waals surface area contributed by atoms with Crippen LogP contribution in [-0.4, -0.2) is 69.6 Å². The van der Waals surface area contributed by atoms with Crippen LogP contribution in [0.4, 0.5) is 17.1 Å². The van der Waals surface area contributed by atoms with Gasteiger partial charge in [-0.25, -0.2) is 0 Å². The summed E-state index contributed by atoms with van der Waals surface area (Å²) in [6.07, 6.45) is 1.30. The number of fused-ring (bicyclic) bond motifs is 1. The predicted molar refractivity (Wildman–Crippen MR) is 187 cm³/mol. The number of benzene rings is 3. The van der Waals surface area contributed by atoms with E-state index in [9.17, 15) is 19.5 Å². The highest BCUT2D eigenvalue weighted by Gasteiger charge is 2.77. The molecular formula is C37H44N4O5S. The number of hydrogen-bond donors (Lipinski definition) is 3. The van der Waals surface area contributed by atoms with Crippen molar-refractivity contribution in [1.29, 1.82) is 0 Å². The van der Waals surface area contributed by atoms with Gasteiger partial charge < -0.3 is 30.3 Å². The van der Waals surface area contributed by atoms with Crippen LogP contribution >= 0.6 is 11.8 Å². The number of carbonyl (C=O) groups is 3. The van der Waals surface area contributed by atoms with Crippen LogP contribution in [-0.2, 0) is 14.4 Å². The molecule has 6 atom stereocenters. The Labute approximate surface area is 281 Å². The second kappa shape index (κ2) is 13.2. The monoisotopic (exact) mass is 656 g/mol. The van der Waals surface area contributed by atoms with Gasteiger partial charge in [0.05, 0.1) is 35.8 Å². The number of nitrogens with one attached hydrogen (secondary N) is 2.